The Labute approximate surface area is 176 Å². The van der Waals surface area contributed by atoms with Crippen LogP contribution in [0.2, 0.25) is 0 Å². The molecular formula is C23H25N5O2. The number of aromatic nitrogens is 3. The molecule has 0 spiro atoms. The third-order valence-electron chi connectivity index (χ3n) is 5.36. The molecule has 0 bridgehead atoms. The minimum Gasteiger partial charge on any atom is -0.496 e. The van der Waals surface area contributed by atoms with Crippen LogP contribution in [0.1, 0.15) is 34.9 Å². The van der Waals surface area contributed by atoms with Crippen LogP contribution in [0, 0.1) is 0 Å². The van der Waals surface area contributed by atoms with E-state index < -0.39 is 0 Å². The van der Waals surface area contributed by atoms with Crippen LogP contribution < -0.4 is 9.64 Å². The molecule has 3 heterocycles. The maximum Gasteiger partial charge on any atom is 0.258 e. The quantitative estimate of drug-likeness (QED) is 0.648. The first-order chi connectivity index (χ1) is 14.6. The Hall–Kier alpha value is -3.48. The van der Waals surface area contributed by atoms with E-state index >= 15 is 0 Å². The van der Waals surface area contributed by atoms with Crippen LogP contribution in [0.15, 0.2) is 55.0 Å². The zero-order valence-corrected chi connectivity index (χ0v) is 17.4. The SMILES string of the molecule is COc1ccccc1C(=O)N1CCCC1c1nc(N(C)C)ncc1-c1ccncc1. The van der Waals surface area contributed by atoms with Gasteiger partial charge in [0.2, 0.25) is 5.95 Å². The fourth-order valence-corrected chi connectivity index (χ4v) is 3.88. The summed E-state index contributed by atoms with van der Waals surface area (Å²) < 4.78 is 5.42. The Morgan fingerprint density at radius 2 is 1.93 bits per heavy atom. The van der Waals surface area contributed by atoms with Crippen LogP contribution in [0.3, 0.4) is 0 Å². The molecule has 1 unspecified atom stereocenters. The number of ether oxygens (including phenoxy) is 1. The summed E-state index contributed by atoms with van der Waals surface area (Å²) >= 11 is 0. The average Bonchev–Trinajstić information content (AvgIpc) is 3.28. The summed E-state index contributed by atoms with van der Waals surface area (Å²) in [5, 5.41) is 0. The Morgan fingerprint density at radius 3 is 2.67 bits per heavy atom. The van der Waals surface area contributed by atoms with Gasteiger partial charge in [0.05, 0.1) is 24.4 Å². The average molecular weight is 403 g/mol. The molecule has 1 aromatic carbocycles. The van der Waals surface area contributed by atoms with Gasteiger partial charge >= 0.3 is 0 Å². The fourth-order valence-electron chi connectivity index (χ4n) is 3.88. The minimum absolute atomic E-state index is 0.0411. The highest BCUT2D eigenvalue weighted by molar-refractivity contribution is 5.97. The maximum absolute atomic E-state index is 13.5. The van der Waals surface area contributed by atoms with E-state index in [9.17, 15) is 4.79 Å². The first-order valence-corrected chi connectivity index (χ1v) is 9.98. The van der Waals surface area contributed by atoms with Crippen molar-refractivity contribution >= 4 is 11.9 Å². The summed E-state index contributed by atoms with van der Waals surface area (Å²) in [4.78, 5) is 30.7. The van der Waals surface area contributed by atoms with Crippen molar-refractivity contribution in [3.63, 3.8) is 0 Å². The lowest BCUT2D eigenvalue weighted by atomic mass is 10.00. The van der Waals surface area contributed by atoms with Crippen LogP contribution in [0.5, 0.6) is 5.75 Å². The van der Waals surface area contributed by atoms with Gasteiger partial charge in [-0.25, -0.2) is 9.97 Å². The van der Waals surface area contributed by atoms with Gasteiger partial charge in [-0.15, -0.1) is 0 Å². The molecule has 1 amide bonds. The van der Waals surface area contributed by atoms with Gasteiger partial charge < -0.3 is 14.5 Å². The molecule has 0 radical (unpaired) electrons. The molecular weight excluding hydrogens is 378 g/mol. The molecule has 2 aromatic heterocycles. The molecule has 1 atom stereocenters. The number of pyridine rings is 1. The number of methoxy groups -OCH3 is 1. The Bertz CT molecular complexity index is 1040. The first-order valence-electron chi connectivity index (χ1n) is 9.98. The van der Waals surface area contributed by atoms with Gasteiger partial charge in [-0.2, -0.15) is 0 Å². The van der Waals surface area contributed by atoms with Crippen molar-refractivity contribution in [3.8, 4) is 16.9 Å². The van der Waals surface area contributed by atoms with E-state index in [0.29, 0.717) is 23.8 Å². The summed E-state index contributed by atoms with van der Waals surface area (Å²) in [6.45, 7) is 0.679. The number of para-hydroxylation sites is 1. The van der Waals surface area contributed by atoms with Gasteiger partial charge in [0.15, 0.2) is 0 Å². The van der Waals surface area contributed by atoms with Crippen molar-refractivity contribution < 1.29 is 9.53 Å². The normalized spacial score (nSPS) is 15.8. The third-order valence-corrected chi connectivity index (χ3v) is 5.36. The number of hydrogen-bond acceptors (Lipinski definition) is 6. The van der Waals surface area contributed by atoms with Crippen molar-refractivity contribution in [2.45, 2.75) is 18.9 Å². The van der Waals surface area contributed by atoms with E-state index in [1.54, 1.807) is 19.5 Å². The molecule has 30 heavy (non-hydrogen) atoms. The van der Waals surface area contributed by atoms with Crippen LogP contribution >= 0.6 is 0 Å². The van der Waals surface area contributed by atoms with Gasteiger partial charge in [0.25, 0.3) is 5.91 Å². The van der Waals surface area contributed by atoms with Crippen molar-refractivity contribution in [2.24, 2.45) is 0 Å². The zero-order valence-electron chi connectivity index (χ0n) is 17.4. The van der Waals surface area contributed by atoms with E-state index in [1.807, 2.05) is 66.5 Å². The predicted octanol–water partition coefficient (Wildman–Crippen LogP) is 3.59. The lowest BCUT2D eigenvalue weighted by molar-refractivity contribution is 0.0730. The first kappa shape index (κ1) is 19.8. The van der Waals surface area contributed by atoms with E-state index in [4.69, 9.17) is 9.72 Å². The molecule has 3 aromatic rings. The maximum atomic E-state index is 13.5. The monoisotopic (exact) mass is 403 g/mol. The summed E-state index contributed by atoms with van der Waals surface area (Å²) in [7, 11) is 5.41. The Balaban J connectivity index is 1.78. The number of nitrogens with zero attached hydrogens (tertiary/aromatic N) is 5. The molecule has 1 fully saturated rings. The summed E-state index contributed by atoms with van der Waals surface area (Å²) in [6.07, 6.45) is 7.12. The van der Waals surface area contributed by atoms with Crippen LogP contribution in [-0.4, -0.2) is 53.5 Å². The molecule has 0 aliphatic carbocycles. The zero-order chi connectivity index (χ0) is 21.1. The second-order valence-corrected chi connectivity index (χ2v) is 7.46. The summed E-state index contributed by atoms with van der Waals surface area (Å²) in [6, 6.07) is 11.1. The van der Waals surface area contributed by atoms with E-state index in [1.165, 1.54) is 0 Å². The highest BCUT2D eigenvalue weighted by atomic mass is 16.5. The van der Waals surface area contributed by atoms with Gasteiger partial charge in [-0.05, 0) is 42.7 Å². The van der Waals surface area contributed by atoms with E-state index in [0.717, 1.165) is 29.7 Å². The number of likely N-dealkylation sites (tertiary alicyclic amines) is 1. The number of benzene rings is 1. The smallest absolute Gasteiger partial charge is 0.258 e. The molecule has 7 heteroatoms. The standard InChI is InChI=1S/C23H25N5O2/c1-27(2)23-25-15-18(16-10-12-24-13-11-16)21(26-23)19-8-6-14-28(19)22(29)17-7-4-5-9-20(17)30-3/h4-5,7,9-13,15,19H,6,8,14H2,1-3H3. The van der Waals surface area contributed by atoms with Gasteiger partial charge in [0.1, 0.15) is 5.75 Å². The molecule has 0 saturated carbocycles. The number of carbonyl (C=O) groups is 1. The third kappa shape index (κ3) is 3.70. The Kier molecular flexibility index (Phi) is 5.61. The van der Waals surface area contributed by atoms with Crippen molar-refractivity contribution in [1.82, 2.24) is 19.9 Å². The molecule has 1 aliphatic heterocycles. The topological polar surface area (TPSA) is 71.5 Å². The second-order valence-electron chi connectivity index (χ2n) is 7.46. The summed E-state index contributed by atoms with van der Waals surface area (Å²) in [5.41, 5.74) is 3.34. The van der Waals surface area contributed by atoms with E-state index in [2.05, 4.69) is 9.97 Å². The van der Waals surface area contributed by atoms with Crippen molar-refractivity contribution in [3.05, 3.63) is 66.2 Å². The van der Waals surface area contributed by atoms with Crippen molar-refractivity contribution in [2.75, 3.05) is 32.6 Å². The van der Waals surface area contributed by atoms with E-state index in [-0.39, 0.29) is 11.9 Å². The largest absolute Gasteiger partial charge is 0.496 e. The number of amides is 1. The molecule has 154 valence electrons. The Morgan fingerprint density at radius 1 is 1.17 bits per heavy atom. The predicted molar refractivity (Wildman–Crippen MR) is 116 cm³/mol. The van der Waals surface area contributed by atoms with Gasteiger partial charge in [-0.1, -0.05) is 12.1 Å². The minimum atomic E-state index is -0.132. The van der Waals surface area contributed by atoms with Crippen LogP contribution in [0.4, 0.5) is 5.95 Å². The highest BCUT2D eigenvalue weighted by Crippen LogP contribution is 2.38. The lowest BCUT2D eigenvalue weighted by Crippen LogP contribution is -2.32. The summed E-state index contributed by atoms with van der Waals surface area (Å²) in [5.74, 6) is 1.17. The van der Waals surface area contributed by atoms with Crippen LogP contribution in [0.25, 0.3) is 11.1 Å². The molecule has 1 aliphatic rings. The molecule has 1 saturated heterocycles. The molecule has 4 rings (SSSR count). The number of rotatable bonds is 5. The van der Waals surface area contributed by atoms with Gasteiger partial charge in [-0.3, -0.25) is 9.78 Å². The molecule has 0 N–H and O–H groups in total. The number of anilines is 1. The lowest BCUT2D eigenvalue weighted by Gasteiger charge is -2.27. The number of carbonyl (C=O) groups excluding carboxylic acids is 1. The highest BCUT2D eigenvalue weighted by Gasteiger charge is 2.34. The van der Waals surface area contributed by atoms with Crippen LogP contribution in [-0.2, 0) is 0 Å². The van der Waals surface area contributed by atoms with Gasteiger partial charge in [0, 0.05) is 44.8 Å². The second kappa shape index (κ2) is 8.49. The number of hydrogen-bond donors (Lipinski definition) is 0. The fraction of sp³-hybridized carbons (Fsp3) is 0.304. The molecule has 7 nitrogen and oxygen atoms in total. The van der Waals surface area contributed by atoms with Crippen molar-refractivity contribution in [1.29, 1.82) is 0 Å².